The third-order valence-corrected chi connectivity index (χ3v) is 1.95. The molecule has 0 aliphatic heterocycles. The van der Waals surface area contributed by atoms with Gasteiger partial charge in [-0.1, -0.05) is 22.6 Å². The van der Waals surface area contributed by atoms with Crippen molar-refractivity contribution in [3.8, 4) is 0 Å². The van der Waals surface area contributed by atoms with Crippen molar-refractivity contribution in [3.05, 3.63) is 0 Å². The molecule has 0 saturated heterocycles. The molecular weight excluding hydrogens is 267 g/mol. The van der Waals surface area contributed by atoms with Gasteiger partial charge in [0.05, 0.1) is 0 Å². The first-order chi connectivity index (χ1) is 5.45. The second-order valence-corrected chi connectivity index (χ2v) is 4.81. The van der Waals surface area contributed by atoms with Crippen molar-refractivity contribution in [3.63, 3.8) is 0 Å². The molecule has 12 heavy (non-hydrogen) atoms. The van der Waals surface area contributed by atoms with Crippen LogP contribution in [0.3, 0.4) is 0 Å². The van der Waals surface area contributed by atoms with Gasteiger partial charge in [0.2, 0.25) is 0 Å². The highest BCUT2D eigenvalue weighted by atomic mass is 127. The van der Waals surface area contributed by atoms with E-state index in [0.29, 0.717) is 6.42 Å². The highest BCUT2D eigenvalue weighted by Crippen LogP contribution is 2.10. The first-order valence-electron chi connectivity index (χ1n) is 4.23. The third kappa shape index (κ3) is 8.30. The fourth-order valence-electron chi connectivity index (χ4n) is 0.756. The quantitative estimate of drug-likeness (QED) is 0.343. The molecule has 0 unspecified atom stereocenters. The Balaban J connectivity index is 3.47. The van der Waals surface area contributed by atoms with Crippen LogP contribution < -0.4 is 0 Å². The Hall–Kier alpha value is 0.200. The lowest BCUT2D eigenvalue weighted by atomic mass is 10.2. The molecule has 0 bridgehead atoms. The Kier molecular flexibility index (Phi) is 5.88. The number of hydrogen-bond donors (Lipinski definition) is 0. The highest BCUT2D eigenvalue weighted by molar-refractivity contribution is 14.1. The number of ether oxygens (including phenoxy) is 1. The maximum atomic E-state index is 11.1. The molecule has 0 heterocycles. The van der Waals surface area contributed by atoms with Gasteiger partial charge in [0.25, 0.3) is 0 Å². The Labute approximate surface area is 88.2 Å². The molecule has 2 nitrogen and oxygen atoms in total. The van der Waals surface area contributed by atoms with E-state index in [9.17, 15) is 4.79 Å². The van der Waals surface area contributed by atoms with Crippen LogP contribution in [-0.4, -0.2) is 16.0 Å². The summed E-state index contributed by atoms with van der Waals surface area (Å²) >= 11 is 2.31. The molecule has 72 valence electrons. The van der Waals surface area contributed by atoms with Gasteiger partial charge >= 0.3 is 5.97 Å². The minimum Gasteiger partial charge on any atom is -0.460 e. The van der Waals surface area contributed by atoms with Crippen LogP contribution in [0.4, 0.5) is 0 Å². The van der Waals surface area contributed by atoms with Gasteiger partial charge in [-0.15, -0.1) is 0 Å². The third-order valence-electron chi connectivity index (χ3n) is 1.18. The topological polar surface area (TPSA) is 26.3 Å². The zero-order chi connectivity index (χ0) is 9.61. The van der Waals surface area contributed by atoms with Gasteiger partial charge in [-0.3, -0.25) is 4.79 Å². The molecule has 0 aliphatic carbocycles. The van der Waals surface area contributed by atoms with E-state index in [0.717, 1.165) is 17.3 Å². The molecule has 0 amide bonds. The molecule has 0 aromatic rings. The Bertz CT molecular complexity index is 138. The maximum absolute atomic E-state index is 11.1. The molecular formula is C9H17IO2. The molecule has 0 aromatic heterocycles. The maximum Gasteiger partial charge on any atom is 0.306 e. The number of alkyl halides is 1. The van der Waals surface area contributed by atoms with Crippen molar-refractivity contribution in [1.29, 1.82) is 0 Å². The van der Waals surface area contributed by atoms with E-state index >= 15 is 0 Å². The molecule has 0 spiro atoms. The van der Waals surface area contributed by atoms with Crippen LogP contribution in [0.5, 0.6) is 0 Å². The summed E-state index contributed by atoms with van der Waals surface area (Å²) in [4.78, 5) is 11.1. The second-order valence-electron chi connectivity index (χ2n) is 3.73. The zero-order valence-corrected chi connectivity index (χ0v) is 10.2. The van der Waals surface area contributed by atoms with Crippen molar-refractivity contribution in [1.82, 2.24) is 0 Å². The van der Waals surface area contributed by atoms with E-state index in [4.69, 9.17) is 4.74 Å². The smallest absolute Gasteiger partial charge is 0.306 e. The molecule has 3 heteroatoms. The van der Waals surface area contributed by atoms with Crippen molar-refractivity contribution >= 4 is 28.6 Å². The first kappa shape index (κ1) is 12.2. The van der Waals surface area contributed by atoms with Gasteiger partial charge in [0.15, 0.2) is 0 Å². The van der Waals surface area contributed by atoms with E-state index in [1.165, 1.54) is 0 Å². The standard InChI is InChI=1S/C9H17IO2/c1-9(2,3)12-8(11)6-4-5-7-10/h4-7H2,1-3H3. The number of esters is 1. The summed E-state index contributed by atoms with van der Waals surface area (Å²) in [6, 6.07) is 0. The number of halogens is 1. The zero-order valence-electron chi connectivity index (χ0n) is 8.02. The van der Waals surface area contributed by atoms with Crippen LogP contribution in [0, 0.1) is 0 Å². The number of unbranched alkanes of at least 4 members (excludes halogenated alkanes) is 1. The van der Waals surface area contributed by atoms with Crippen molar-refractivity contribution < 1.29 is 9.53 Å². The number of rotatable bonds is 4. The fourth-order valence-corrected chi connectivity index (χ4v) is 1.30. The molecule has 0 saturated carbocycles. The van der Waals surface area contributed by atoms with Gasteiger partial charge in [0, 0.05) is 6.42 Å². The lowest BCUT2D eigenvalue weighted by Crippen LogP contribution is -2.23. The van der Waals surface area contributed by atoms with Crippen LogP contribution in [-0.2, 0) is 9.53 Å². The van der Waals surface area contributed by atoms with Crippen LogP contribution >= 0.6 is 22.6 Å². The van der Waals surface area contributed by atoms with Crippen LogP contribution in [0.2, 0.25) is 0 Å². The van der Waals surface area contributed by atoms with Crippen LogP contribution in [0.15, 0.2) is 0 Å². The average Bonchev–Trinajstić information content (AvgIpc) is 1.84. The number of carbonyl (C=O) groups excluding carboxylic acids is 1. The summed E-state index contributed by atoms with van der Waals surface area (Å²) in [6.07, 6.45) is 2.60. The summed E-state index contributed by atoms with van der Waals surface area (Å²) in [7, 11) is 0. The van der Waals surface area contributed by atoms with Gasteiger partial charge in [0.1, 0.15) is 5.60 Å². The molecule has 0 atom stereocenters. The SMILES string of the molecule is CC(C)(C)OC(=O)CCCCI. The van der Waals surface area contributed by atoms with Crippen molar-refractivity contribution in [2.24, 2.45) is 0 Å². The van der Waals surface area contributed by atoms with E-state index in [1.54, 1.807) is 0 Å². The van der Waals surface area contributed by atoms with E-state index in [2.05, 4.69) is 22.6 Å². The molecule has 0 N–H and O–H groups in total. The second kappa shape index (κ2) is 5.78. The summed E-state index contributed by atoms with van der Waals surface area (Å²) < 4.78 is 6.25. The molecule has 0 radical (unpaired) electrons. The van der Waals surface area contributed by atoms with Crippen LogP contribution in [0.1, 0.15) is 40.0 Å². The minimum absolute atomic E-state index is 0.0765. The molecule has 0 aliphatic rings. The van der Waals surface area contributed by atoms with Gasteiger partial charge < -0.3 is 4.74 Å². The molecule has 0 rings (SSSR count). The average molecular weight is 284 g/mol. The highest BCUT2D eigenvalue weighted by Gasteiger charge is 2.15. The summed E-state index contributed by atoms with van der Waals surface area (Å²) in [6.45, 7) is 5.68. The Morgan fingerprint density at radius 2 is 1.92 bits per heavy atom. The fraction of sp³-hybridized carbons (Fsp3) is 0.889. The predicted octanol–water partition coefficient (Wildman–Crippen LogP) is 2.93. The van der Waals surface area contributed by atoms with Crippen LogP contribution in [0.25, 0.3) is 0 Å². The van der Waals surface area contributed by atoms with E-state index < -0.39 is 0 Å². The monoisotopic (exact) mass is 284 g/mol. The largest absolute Gasteiger partial charge is 0.460 e. The Morgan fingerprint density at radius 1 is 1.33 bits per heavy atom. The van der Waals surface area contributed by atoms with Crippen molar-refractivity contribution in [2.75, 3.05) is 4.43 Å². The van der Waals surface area contributed by atoms with E-state index in [-0.39, 0.29) is 11.6 Å². The Morgan fingerprint density at radius 3 is 2.33 bits per heavy atom. The normalized spacial score (nSPS) is 11.3. The van der Waals surface area contributed by atoms with Gasteiger partial charge in [-0.2, -0.15) is 0 Å². The van der Waals surface area contributed by atoms with E-state index in [1.807, 2.05) is 20.8 Å². The lowest BCUT2D eigenvalue weighted by Gasteiger charge is -2.19. The molecule has 0 fully saturated rings. The summed E-state index contributed by atoms with van der Waals surface area (Å²) in [5.41, 5.74) is -0.332. The number of carbonyl (C=O) groups is 1. The summed E-state index contributed by atoms with van der Waals surface area (Å²) in [5, 5.41) is 0. The minimum atomic E-state index is -0.332. The molecule has 0 aromatic carbocycles. The first-order valence-corrected chi connectivity index (χ1v) is 5.76. The van der Waals surface area contributed by atoms with Gasteiger partial charge in [-0.25, -0.2) is 0 Å². The number of hydrogen-bond acceptors (Lipinski definition) is 2. The van der Waals surface area contributed by atoms with Crippen molar-refractivity contribution in [2.45, 2.75) is 45.6 Å². The van der Waals surface area contributed by atoms with Gasteiger partial charge in [-0.05, 0) is 38.0 Å². The lowest BCUT2D eigenvalue weighted by molar-refractivity contribution is -0.154. The summed E-state index contributed by atoms with van der Waals surface area (Å²) in [5.74, 6) is -0.0765. The predicted molar refractivity (Wildman–Crippen MR) is 58.6 cm³/mol.